The van der Waals surface area contributed by atoms with Gasteiger partial charge in [-0.25, -0.2) is 4.98 Å². The predicted molar refractivity (Wildman–Crippen MR) is 159 cm³/mol. The van der Waals surface area contributed by atoms with Gasteiger partial charge < -0.3 is 14.5 Å². The van der Waals surface area contributed by atoms with E-state index < -0.39 is 30.3 Å². The number of hydrogen-bond donors (Lipinski definition) is 1. The first-order valence-electron chi connectivity index (χ1n) is 14.4. The molecule has 1 aliphatic carbocycles. The molecule has 7 nitrogen and oxygen atoms in total. The van der Waals surface area contributed by atoms with Crippen LogP contribution in [0.4, 0.5) is 13.2 Å². The lowest BCUT2D eigenvalue weighted by Crippen LogP contribution is -2.19. The molecule has 2 heterocycles. The fraction of sp³-hybridized carbons (Fsp3) is 0.353. The fourth-order valence-corrected chi connectivity index (χ4v) is 5.89. The van der Waals surface area contributed by atoms with Crippen LogP contribution in [0.25, 0.3) is 33.6 Å². The van der Waals surface area contributed by atoms with Crippen molar-refractivity contribution in [3.8, 4) is 34.3 Å². The number of aromatic nitrogens is 1. The number of fused-ring (bicyclic) bond motifs is 1. The number of carbonyl (C=O) groups excluding carboxylic acids is 2. The third-order valence-corrected chi connectivity index (χ3v) is 8.28. The largest absolute Gasteiger partial charge is 0.496 e. The molecule has 0 atom stereocenters. The second-order valence-electron chi connectivity index (χ2n) is 11.3. The van der Waals surface area contributed by atoms with Crippen molar-refractivity contribution in [2.24, 2.45) is 5.41 Å². The van der Waals surface area contributed by atoms with E-state index in [-0.39, 0.29) is 40.5 Å². The fourth-order valence-electron chi connectivity index (χ4n) is 5.89. The first-order chi connectivity index (χ1) is 21.0. The van der Waals surface area contributed by atoms with E-state index in [1.54, 1.807) is 36.4 Å². The van der Waals surface area contributed by atoms with Gasteiger partial charge in [0.05, 0.1) is 40.8 Å². The normalized spacial score (nSPS) is 14.4. The van der Waals surface area contributed by atoms with Crippen molar-refractivity contribution < 1.29 is 31.9 Å². The monoisotopic (exact) mass is 603 g/mol. The molecule has 228 valence electrons. The molecule has 1 saturated carbocycles. The van der Waals surface area contributed by atoms with Gasteiger partial charge in [0, 0.05) is 31.0 Å². The lowest BCUT2D eigenvalue weighted by atomic mass is 9.81. The number of aryl methyl sites for hydroxylation is 2. The molecule has 0 aliphatic heterocycles. The minimum atomic E-state index is -4.44. The Labute approximate surface area is 253 Å². The molecule has 0 saturated heterocycles. The zero-order chi connectivity index (χ0) is 31.6. The van der Waals surface area contributed by atoms with Crippen LogP contribution >= 0.6 is 0 Å². The van der Waals surface area contributed by atoms with Gasteiger partial charge in [-0.15, -0.1) is 0 Å². The number of nitriles is 1. The summed E-state index contributed by atoms with van der Waals surface area (Å²) in [6.07, 6.45) is -2.99. The molecule has 2 aromatic carbocycles. The second-order valence-corrected chi connectivity index (χ2v) is 11.3. The van der Waals surface area contributed by atoms with Crippen LogP contribution in [0, 0.1) is 23.7 Å². The van der Waals surface area contributed by atoms with Crippen molar-refractivity contribution in [1.82, 2.24) is 10.3 Å². The van der Waals surface area contributed by atoms with Gasteiger partial charge in [0.15, 0.2) is 5.78 Å². The Kier molecular flexibility index (Phi) is 8.51. The predicted octanol–water partition coefficient (Wildman–Crippen LogP) is 7.99. The maximum atomic E-state index is 13.6. The molecule has 0 unspecified atom stereocenters. The van der Waals surface area contributed by atoms with E-state index >= 15 is 0 Å². The number of halogens is 3. The van der Waals surface area contributed by atoms with Gasteiger partial charge in [0.2, 0.25) is 5.71 Å². The molecule has 2 aromatic heterocycles. The SMILES string of the molecule is CNC(=O)c1c(-c2ccc(C)cc2)oc2nc(CCC(F)(F)F)c(-c3ccc(OC)c(C(=O)CC4(C#N)CCCC4)c3)cc12. The summed E-state index contributed by atoms with van der Waals surface area (Å²) in [6.45, 7) is 1.92. The number of methoxy groups -OCH3 is 1. The van der Waals surface area contributed by atoms with E-state index in [0.29, 0.717) is 40.7 Å². The van der Waals surface area contributed by atoms with Crippen molar-refractivity contribution in [1.29, 1.82) is 5.26 Å². The van der Waals surface area contributed by atoms with Crippen molar-refractivity contribution in [2.75, 3.05) is 14.2 Å². The highest BCUT2D eigenvalue weighted by molar-refractivity contribution is 6.11. The molecule has 0 radical (unpaired) electrons. The van der Waals surface area contributed by atoms with E-state index in [1.807, 2.05) is 19.1 Å². The summed E-state index contributed by atoms with van der Waals surface area (Å²) in [5.41, 5.74) is 2.19. The summed E-state index contributed by atoms with van der Waals surface area (Å²) in [4.78, 5) is 31.3. The van der Waals surface area contributed by atoms with E-state index in [4.69, 9.17) is 9.15 Å². The van der Waals surface area contributed by atoms with Crippen LogP contribution in [-0.4, -0.2) is 37.0 Å². The maximum Gasteiger partial charge on any atom is 0.389 e. The smallest absolute Gasteiger partial charge is 0.389 e. The Balaban J connectivity index is 1.69. The maximum absolute atomic E-state index is 13.6. The minimum absolute atomic E-state index is 0.0178. The van der Waals surface area contributed by atoms with Crippen LogP contribution in [-0.2, 0) is 6.42 Å². The van der Waals surface area contributed by atoms with Crippen LogP contribution in [0.15, 0.2) is 52.9 Å². The number of Topliss-reactive ketones (excluding diaryl/α,β-unsaturated/α-hetero) is 1. The topological polar surface area (TPSA) is 105 Å². The Hall–Kier alpha value is -4.65. The Morgan fingerprint density at radius 1 is 1.09 bits per heavy atom. The summed E-state index contributed by atoms with van der Waals surface area (Å²) in [6, 6.07) is 16.1. The number of hydrogen-bond acceptors (Lipinski definition) is 6. The van der Waals surface area contributed by atoms with E-state index in [9.17, 15) is 28.0 Å². The molecule has 44 heavy (non-hydrogen) atoms. The number of furan rings is 1. The number of alkyl halides is 3. The van der Waals surface area contributed by atoms with Crippen LogP contribution in [0.5, 0.6) is 5.75 Å². The summed E-state index contributed by atoms with van der Waals surface area (Å²) in [5, 5.41) is 12.8. The highest BCUT2D eigenvalue weighted by Crippen LogP contribution is 2.43. The quantitative estimate of drug-likeness (QED) is 0.195. The van der Waals surface area contributed by atoms with Gasteiger partial charge >= 0.3 is 6.18 Å². The molecule has 1 N–H and O–H groups in total. The molecule has 0 spiro atoms. The Morgan fingerprint density at radius 2 is 1.77 bits per heavy atom. The van der Waals surface area contributed by atoms with Crippen LogP contribution < -0.4 is 10.1 Å². The molecule has 4 aromatic rings. The zero-order valence-electron chi connectivity index (χ0n) is 24.7. The Bertz CT molecular complexity index is 1760. The van der Waals surface area contributed by atoms with Gasteiger partial charge in [-0.05, 0) is 49.9 Å². The molecule has 1 fully saturated rings. The van der Waals surface area contributed by atoms with E-state index in [1.165, 1.54) is 14.2 Å². The molecule has 1 amide bonds. The van der Waals surface area contributed by atoms with E-state index in [2.05, 4.69) is 16.4 Å². The molecule has 5 rings (SSSR count). The van der Waals surface area contributed by atoms with Gasteiger partial charge in [-0.2, -0.15) is 18.4 Å². The third-order valence-electron chi connectivity index (χ3n) is 8.28. The molecule has 10 heteroatoms. The first kappa shape index (κ1) is 30.8. The molecule has 1 aliphatic rings. The first-order valence-corrected chi connectivity index (χ1v) is 14.4. The van der Waals surface area contributed by atoms with Gasteiger partial charge in [0.1, 0.15) is 11.5 Å². The van der Waals surface area contributed by atoms with Crippen molar-refractivity contribution in [3.05, 3.63) is 70.9 Å². The lowest BCUT2D eigenvalue weighted by molar-refractivity contribution is -0.134. The second kappa shape index (κ2) is 12.2. The standard InChI is InChI=1S/C34H32F3N3O4/c1-20-6-8-21(9-7-20)30-29(31(42)39-2)25-17-23(26(40-32(25)44-30)12-15-34(35,36)37)22-10-11-28(43-3)24(16-22)27(41)18-33(19-38)13-4-5-14-33/h6-11,16-17H,4-5,12-15,18H2,1-3H3,(H,39,42). The number of rotatable bonds is 9. The highest BCUT2D eigenvalue weighted by Gasteiger charge is 2.37. The van der Waals surface area contributed by atoms with Gasteiger partial charge in [-0.1, -0.05) is 48.7 Å². The third kappa shape index (κ3) is 6.18. The lowest BCUT2D eigenvalue weighted by Gasteiger charge is -2.20. The van der Waals surface area contributed by atoms with Crippen molar-refractivity contribution in [3.63, 3.8) is 0 Å². The Morgan fingerprint density at radius 3 is 2.39 bits per heavy atom. The van der Waals surface area contributed by atoms with Gasteiger partial charge in [0.25, 0.3) is 5.91 Å². The summed E-state index contributed by atoms with van der Waals surface area (Å²) in [5.74, 6) is -0.186. The number of amides is 1. The molecule has 0 bridgehead atoms. The average Bonchev–Trinajstić information content (AvgIpc) is 3.63. The zero-order valence-corrected chi connectivity index (χ0v) is 24.7. The number of nitrogens with zero attached hydrogens (tertiary/aromatic N) is 2. The van der Waals surface area contributed by atoms with Crippen LogP contribution in [0.3, 0.4) is 0 Å². The van der Waals surface area contributed by atoms with Crippen molar-refractivity contribution >= 4 is 22.8 Å². The highest BCUT2D eigenvalue weighted by atomic mass is 19.4. The molecular weight excluding hydrogens is 571 g/mol. The number of pyridine rings is 1. The summed E-state index contributed by atoms with van der Waals surface area (Å²) >= 11 is 0. The van der Waals surface area contributed by atoms with Gasteiger partial charge in [-0.3, -0.25) is 9.59 Å². The summed E-state index contributed by atoms with van der Waals surface area (Å²) in [7, 11) is 2.91. The van der Waals surface area contributed by atoms with Crippen molar-refractivity contribution in [2.45, 2.75) is 58.0 Å². The number of ketones is 1. The number of benzene rings is 2. The van der Waals surface area contributed by atoms with Crippen LogP contribution in [0.1, 0.15) is 70.5 Å². The van der Waals surface area contributed by atoms with Crippen LogP contribution in [0.2, 0.25) is 0 Å². The average molecular weight is 604 g/mol. The number of carbonyl (C=O) groups is 2. The van der Waals surface area contributed by atoms with E-state index in [0.717, 1.165) is 18.4 Å². The number of ether oxygens (including phenoxy) is 1. The molecular formula is C34H32F3N3O4. The minimum Gasteiger partial charge on any atom is -0.496 e. The number of nitrogens with one attached hydrogen (secondary N) is 1. The summed E-state index contributed by atoms with van der Waals surface area (Å²) < 4.78 is 51.7.